The van der Waals surface area contributed by atoms with Crippen molar-refractivity contribution in [3.63, 3.8) is 0 Å². The molecule has 1 aromatic rings. The standard InChI is InChI=1S/C6H14O2.C4H2BF3N2/c1-5(2,7)6(3,4)8;5-3-1-9-10(2-3)4(6,7)8/h7-8H,1-4H3;1-2H. The number of hydrogen-bond donors (Lipinski definition) is 2. The molecule has 0 aliphatic carbocycles. The molecule has 0 saturated carbocycles. The molecule has 0 aromatic carbocycles. The van der Waals surface area contributed by atoms with E-state index in [-0.39, 0.29) is 10.1 Å². The smallest absolute Gasteiger partial charge is 0.387 e. The van der Waals surface area contributed by atoms with Crippen LogP contribution in [0, 0.1) is 0 Å². The third kappa shape index (κ3) is 5.55. The Balaban J connectivity index is 0.000000331. The molecule has 1 heterocycles. The number of aromatic nitrogens is 2. The Hall–Kier alpha value is -1.02. The lowest BCUT2D eigenvalue weighted by Gasteiger charge is -2.31. The first-order valence-electron chi connectivity index (χ1n) is 5.07. The van der Waals surface area contributed by atoms with Gasteiger partial charge >= 0.3 is 6.30 Å². The van der Waals surface area contributed by atoms with Crippen molar-refractivity contribution in [3.05, 3.63) is 12.4 Å². The molecule has 0 aliphatic rings. The second-order valence-corrected chi connectivity index (χ2v) is 4.80. The summed E-state index contributed by atoms with van der Waals surface area (Å²) >= 11 is 0. The van der Waals surface area contributed by atoms with Gasteiger partial charge in [0.1, 0.15) is 7.85 Å². The Morgan fingerprint density at radius 2 is 1.50 bits per heavy atom. The van der Waals surface area contributed by atoms with E-state index in [1.807, 2.05) is 0 Å². The largest absolute Gasteiger partial charge is 0.504 e. The summed E-state index contributed by atoms with van der Waals surface area (Å²) in [6.45, 7) is 6.31. The highest BCUT2D eigenvalue weighted by Crippen LogP contribution is 2.19. The number of nitrogens with zero attached hydrogens (tertiary/aromatic N) is 2. The summed E-state index contributed by atoms with van der Waals surface area (Å²) < 4.78 is 34.8. The Labute approximate surface area is 105 Å². The number of hydrogen-bond acceptors (Lipinski definition) is 3. The maximum absolute atomic E-state index is 11.6. The van der Waals surface area contributed by atoms with Crippen molar-refractivity contribution in [2.24, 2.45) is 0 Å². The molecule has 0 bridgehead atoms. The van der Waals surface area contributed by atoms with Crippen molar-refractivity contribution in [2.75, 3.05) is 0 Å². The highest BCUT2D eigenvalue weighted by atomic mass is 19.4. The summed E-state index contributed by atoms with van der Waals surface area (Å²) in [5.74, 6) is 0. The van der Waals surface area contributed by atoms with Crippen LogP contribution in [0.15, 0.2) is 12.4 Å². The summed E-state index contributed by atoms with van der Waals surface area (Å²) in [4.78, 5) is 0. The molecule has 0 saturated heterocycles. The lowest BCUT2D eigenvalue weighted by molar-refractivity contribution is -0.212. The van der Waals surface area contributed by atoms with Gasteiger partial charge < -0.3 is 10.2 Å². The van der Waals surface area contributed by atoms with Crippen LogP contribution in [0.25, 0.3) is 0 Å². The Morgan fingerprint density at radius 3 is 1.61 bits per heavy atom. The molecule has 2 radical (unpaired) electrons. The molecule has 1 aromatic heterocycles. The monoisotopic (exact) mass is 264 g/mol. The summed E-state index contributed by atoms with van der Waals surface area (Å²) in [7, 11) is 4.99. The molecule has 18 heavy (non-hydrogen) atoms. The fourth-order valence-electron chi connectivity index (χ4n) is 0.475. The minimum Gasteiger partial charge on any atom is -0.387 e. The third-order valence-electron chi connectivity index (χ3n) is 2.36. The molecule has 8 heteroatoms. The van der Waals surface area contributed by atoms with Gasteiger partial charge in [0.15, 0.2) is 0 Å². The first-order chi connectivity index (χ1) is 7.75. The van der Waals surface area contributed by atoms with Crippen LogP contribution in [-0.4, -0.2) is 39.0 Å². The van der Waals surface area contributed by atoms with Crippen LogP contribution in [0.2, 0.25) is 0 Å². The van der Waals surface area contributed by atoms with Crippen molar-refractivity contribution in [2.45, 2.75) is 45.2 Å². The molecule has 102 valence electrons. The average Bonchev–Trinajstić information content (AvgIpc) is 2.47. The van der Waals surface area contributed by atoms with E-state index < -0.39 is 17.5 Å². The predicted octanol–water partition coefficient (Wildman–Crippen LogP) is 0.681. The number of aliphatic hydroxyl groups is 2. The summed E-state index contributed by atoms with van der Waals surface area (Å²) in [5, 5.41) is 21.2. The summed E-state index contributed by atoms with van der Waals surface area (Å²) in [6, 6.07) is 0. The van der Waals surface area contributed by atoms with E-state index in [1.165, 1.54) is 0 Å². The van der Waals surface area contributed by atoms with Gasteiger partial charge in [-0.3, -0.25) is 0 Å². The van der Waals surface area contributed by atoms with Gasteiger partial charge in [-0.25, -0.2) is 0 Å². The molecule has 0 aliphatic heterocycles. The molecule has 0 amide bonds. The van der Waals surface area contributed by atoms with Gasteiger partial charge in [0.2, 0.25) is 0 Å². The van der Waals surface area contributed by atoms with Crippen LogP contribution >= 0.6 is 0 Å². The Kier molecular flexibility index (Phi) is 5.02. The van der Waals surface area contributed by atoms with Crippen molar-refractivity contribution < 1.29 is 23.4 Å². The van der Waals surface area contributed by atoms with Gasteiger partial charge in [-0.05, 0) is 27.7 Å². The van der Waals surface area contributed by atoms with Gasteiger partial charge in [-0.1, -0.05) is 5.46 Å². The molecule has 2 N–H and O–H groups in total. The lowest BCUT2D eigenvalue weighted by atomic mass is 9.90. The molecule has 4 nitrogen and oxygen atoms in total. The predicted molar refractivity (Wildman–Crippen MR) is 61.5 cm³/mol. The van der Waals surface area contributed by atoms with Crippen LogP contribution in [-0.2, 0) is 6.30 Å². The molecule has 0 atom stereocenters. The zero-order valence-electron chi connectivity index (χ0n) is 10.7. The molecular formula is C10H16BF3N2O2. The van der Waals surface area contributed by atoms with Crippen LogP contribution in [0.3, 0.4) is 0 Å². The quantitative estimate of drug-likeness (QED) is 0.733. The van der Waals surface area contributed by atoms with Gasteiger partial charge in [0, 0.05) is 12.4 Å². The first kappa shape index (κ1) is 17.0. The molecular weight excluding hydrogens is 248 g/mol. The topological polar surface area (TPSA) is 58.3 Å². The van der Waals surface area contributed by atoms with Crippen LogP contribution in [0.1, 0.15) is 27.7 Å². The van der Waals surface area contributed by atoms with Crippen molar-refractivity contribution >= 4 is 13.3 Å². The highest BCUT2D eigenvalue weighted by Gasteiger charge is 2.32. The van der Waals surface area contributed by atoms with Crippen molar-refractivity contribution in [3.8, 4) is 0 Å². The molecule has 0 fully saturated rings. The van der Waals surface area contributed by atoms with E-state index in [0.717, 1.165) is 6.20 Å². The van der Waals surface area contributed by atoms with Crippen molar-refractivity contribution in [1.82, 2.24) is 9.78 Å². The minimum atomic E-state index is -4.46. The second kappa shape index (κ2) is 5.32. The highest BCUT2D eigenvalue weighted by molar-refractivity contribution is 6.31. The van der Waals surface area contributed by atoms with E-state index in [2.05, 4.69) is 5.10 Å². The average molecular weight is 264 g/mol. The van der Waals surface area contributed by atoms with Gasteiger partial charge in [-0.2, -0.15) is 9.78 Å². The maximum Gasteiger partial charge on any atom is 0.504 e. The van der Waals surface area contributed by atoms with Gasteiger partial charge in [0.05, 0.1) is 11.2 Å². The van der Waals surface area contributed by atoms with E-state index in [1.54, 1.807) is 27.7 Å². The third-order valence-corrected chi connectivity index (χ3v) is 2.36. The van der Waals surface area contributed by atoms with E-state index in [9.17, 15) is 13.2 Å². The van der Waals surface area contributed by atoms with E-state index >= 15 is 0 Å². The minimum absolute atomic E-state index is 0.00248. The van der Waals surface area contributed by atoms with E-state index in [0.29, 0.717) is 6.20 Å². The number of rotatable bonds is 1. The Bertz CT molecular complexity index is 366. The first-order valence-corrected chi connectivity index (χ1v) is 5.07. The second-order valence-electron chi connectivity index (χ2n) is 4.80. The van der Waals surface area contributed by atoms with E-state index in [4.69, 9.17) is 18.1 Å². The number of alkyl halides is 3. The summed E-state index contributed by atoms with van der Waals surface area (Å²) in [5.41, 5.74) is -2.02. The fraction of sp³-hybridized carbons (Fsp3) is 0.700. The SMILES string of the molecule is CC(C)(O)C(C)(C)O.[B]c1cnn(C(F)(F)F)c1. The normalized spacial score (nSPS) is 12.9. The van der Waals surface area contributed by atoms with Crippen LogP contribution < -0.4 is 5.46 Å². The molecule has 1 rings (SSSR count). The van der Waals surface area contributed by atoms with Crippen LogP contribution in [0.5, 0.6) is 0 Å². The zero-order valence-corrected chi connectivity index (χ0v) is 10.7. The molecule has 0 unspecified atom stereocenters. The molecule has 0 spiro atoms. The number of halogens is 3. The lowest BCUT2D eigenvalue weighted by Crippen LogP contribution is -2.44. The van der Waals surface area contributed by atoms with Crippen molar-refractivity contribution in [1.29, 1.82) is 0 Å². The van der Waals surface area contributed by atoms with Gasteiger partial charge in [0.25, 0.3) is 0 Å². The maximum atomic E-state index is 11.6. The zero-order chi connectivity index (χ0) is 14.8. The van der Waals surface area contributed by atoms with Crippen LogP contribution in [0.4, 0.5) is 13.2 Å². The fourth-order valence-corrected chi connectivity index (χ4v) is 0.475. The Morgan fingerprint density at radius 1 is 1.11 bits per heavy atom. The summed E-state index contributed by atoms with van der Waals surface area (Å²) in [6.07, 6.45) is -2.81. The van der Waals surface area contributed by atoms with Gasteiger partial charge in [-0.15, -0.1) is 13.2 Å².